The van der Waals surface area contributed by atoms with E-state index in [1.807, 2.05) is 18.2 Å². The number of nitrogens with one attached hydrogen (secondary N) is 1. The van der Waals surface area contributed by atoms with Crippen LogP contribution in [0.2, 0.25) is 0 Å². The lowest BCUT2D eigenvalue weighted by Gasteiger charge is -2.16. The number of benzene rings is 2. The first-order chi connectivity index (χ1) is 15.6. The third-order valence-corrected chi connectivity index (χ3v) is 6.65. The standard InChI is InChI=1S/C24H25N3O4S/c1-30-20-10-7-15(11-21(20)31-2)14-25-27-24-26-23(29)22(32-24)13-19(28)18-9-8-16-5-3-4-6-17(16)12-18/h7-12,14,22H,3-6,13H2,1-2H3,(H,26,27,29)/b25-14+. The van der Waals surface area contributed by atoms with E-state index >= 15 is 0 Å². The molecule has 1 unspecified atom stereocenters. The van der Waals surface area contributed by atoms with Crippen LogP contribution in [0, 0.1) is 0 Å². The van der Waals surface area contributed by atoms with Crippen molar-refractivity contribution in [3.63, 3.8) is 0 Å². The van der Waals surface area contributed by atoms with E-state index in [0.29, 0.717) is 22.2 Å². The lowest BCUT2D eigenvalue weighted by atomic mass is 9.89. The second-order valence-electron chi connectivity index (χ2n) is 7.68. The predicted octanol–water partition coefficient (Wildman–Crippen LogP) is 3.78. The Morgan fingerprint density at radius 3 is 2.66 bits per heavy atom. The molecule has 1 aliphatic carbocycles. The van der Waals surface area contributed by atoms with Gasteiger partial charge in [-0.25, -0.2) is 0 Å². The average molecular weight is 452 g/mol. The smallest absolute Gasteiger partial charge is 0.240 e. The molecule has 8 heteroatoms. The number of rotatable bonds is 7. The Morgan fingerprint density at radius 2 is 1.88 bits per heavy atom. The van der Waals surface area contributed by atoms with Crippen LogP contribution >= 0.6 is 11.8 Å². The molecule has 0 aromatic heterocycles. The molecule has 0 saturated carbocycles. The molecule has 1 atom stereocenters. The number of ketones is 1. The summed E-state index contributed by atoms with van der Waals surface area (Å²) in [5.74, 6) is 0.969. The van der Waals surface area contributed by atoms with Crippen molar-refractivity contribution < 1.29 is 19.1 Å². The maximum atomic E-state index is 12.8. The van der Waals surface area contributed by atoms with Gasteiger partial charge in [0.05, 0.1) is 25.7 Å². The zero-order valence-corrected chi connectivity index (χ0v) is 18.9. The summed E-state index contributed by atoms with van der Waals surface area (Å²) in [7, 11) is 3.14. The third-order valence-electron chi connectivity index (χ3n) is 5.58. The van der Waals surface area contributed by atoms with E-state index in [9.17, 15) is 9.59 Å². The minimum atomic E-state index is -0.506. The monoisotopic (exact) mass is 451 g/mol. The molecule has 1 N–H and O–H groups in total. The Labute approximate surface area is 191 Å². The molecular formula is C24H25N3O4S. The van der Waals surface area contributed by atoms with E-state index in [1.165, 1.54) is 29.3 Å². The van der Waals surface area contributed by atoms with Gasteiger partial charge < -0.3 is 14.8 Å². The molecular weight excluding hydrogens is 426 g/mol. The lowest BCUT2D eigenvalue weighted by molar-refractivity contribution is -0.118. The number of carbonyl (C=O) groups excluding carboxylic acids is 2. The number of amidine groups is 1. The molecule has 4 rings (SSSR count). The van der Waals surface area contributed by atoms with Crippen LogP contribution < -0.4 is 14.8 Å². The topological polar surface area (TPSA) is 89.4 Å². The lowest BCUT2D eigenvalue weighted by Crippen LogP contribution is -2.26. The van der Waals surface area contributed by atoms with Gasteiger partial charge in [-0.15, -0.1) is 5.10 Å². The largest absolute Gasteiger partial charge is 0.493 e. The number of nitrogens with zero attached hydrogens (tertiary/aromatic N) is 2. The van der Waals surface area contributed by atoms with Gasteiger partial charge in [-0.3, -0.25) is 9.59 Å². The van der Waals surface area contributed by atoms with E-state index < -0.39 is 5.25 Å². The van der Waals surface area contributed by atoms with Crippen molar-refractivity contribution in [1.29, 1.82) is 0 Å². The van der Waals surface area contributed by atoms with E-state index in [2.05, 4.69) is 21.6 Å². The number of thioether (sulfide) groups is 1. The van der Waals surface area contributed by atoms with E-state index in [-0.39, 0.29) is 18.1 Å². The van der Waals surface area contributed by atoms with Gasteiger partial charge >= 0.3 is 0 Å². The van der Waals surface area contributed by atoms with Crippen molar-refractivity contribution >= 4 is 34.8 Å². The van der Waals surface area contributed by atoms with Crippen molar-refractivity contribution in [2.45, 2.75) is 37.4 Å². The van der Waals surface area contributed by atoms with Gasteiger partial charge in [0.15, 0.2) is 22.4 Å². The Hall–Kier alpha value is -3.13. The van der Waals surface area contributed by atoms with E-state index in [1.54, 1.807) is 32.6 Å². The quantitative estimate of drug-likeness (QED) is 0.393. The van der Waals surface area contributed by atoms with Crippen LogP contribution in [0.5, 0.6) is 11.5 Å². The first kappa shape index (κ1) is 22.1. The fraction of sp³-hybridized carbons (Fsp3) is 0.333. The second-order valence-corrected chi connectivity index (χ2v) is 8.87. The molecule has 166 valence electrons. The summed E-state index contributed by atoms with van der Waals surface area (Å²) in [6.45, 7) is 0. The third kappa shape index (κ3) is 5.02. The molecule has 2 aliphatic rings. The van der Waals surface area contributed by atoms with Crippen molar-refractivity contribution in [2.24, 2.45) is 10.2 Å². The Balaban J connectivity index is 1.38. The van der Waals surface area contributed by atoms with Crippen molar-refractivity contribution in [1.82, 2.24) is 5.32 Å². The first-order valence-corrected chi connectivity index (χ1v) is 11.4. The summed E-state index contributed by atoms with van der Waals surface area (Å²) < 4.78 is 10.5. The predicted molar refractivity (Wildman–Crippen MR) is 126 cm³/mol. The number of carbonyl (C=O) groups is 2. The van der Waals surface area contributed by atoms with Gasteiger partial charge in [0.1, 0.15) is 0 Å². The van der Waals surface area contributed by atoms with Crippen LogP contribution in [0.4, 0.5) is 0 Å². The molecule has 1 aliphatic heterocycles. The summed E-state index contributed by atoms with van der Waals surface area (Å²) in [6, 6.07) is 11.3. The van der Waals surface area contributed by atoms with Gasteiger partial charge in [0.25, 0.3) is 0 Å². The number of fused-ring (bicyclic) bond motifs is 1. The number of aryl methyl sites for hydroxylation is 2. The molecule has 1 saturated heterocycles. The highest BCUT2D eigenvalue weighted by molar-refractivity contribution is 8.15. The SMILES string of the molecule is COc1ccc(/C=N/N=C2\NC(=O)C(CC(=O)c3ccc4c(c3)CCCC4)S2)cc1OC. The summed E-state index contributed by atoms with van der Waals surface area (Å²) in [5.41, 5.74) is 4.05. The summed E-state index contributed by atoms with van der Waals surface area (Å²) in [6.07, 6.45) is 6.16. The van der Waals surface area contributed by atoms with Gasteiger partial charge in [-0.2, -0.15) is 5.10 Å². The van der Waals surface area contributed by atoms with Gasteiger partial charge in [-0.1, -0.05) is 23.9 Å². The molecule has 0 bridgehead atoms. The Kier molecular flexibility index (Phi) is 6.90. The molecule has 2 aromatic carbocycles. The van der Waals surface area contributed by atoms with Crippen LogP contribution in [-0.4, -0.2) is 42.5 Å². The number of methoxy groups -OCH3 is 2. The van der Waals surface area contributed by atoms with Crippen LogP contribution in [0.15, 0.2) is 46.6 Å². The van der Waals surface area contributed by atoms with E-state index in [4.69, 9.17) is 9.47 Å². The average Bonchev–Trinajstić information content (AvgIpc) is 3.17. The van der Waals surface area contributed by atoms with Crippen LogP contribution in [0.3, 0.4) is 0 Å². The highest BCUT2D eigenvalue weighted by Crippen LogP contribution is 2.28. The van der Waals surface area contributed by atoms with Crippen molar-refractivity contribution in [3.05, 3.63) is 58.7 Å². The maximum Gasteiger partial charge on any atom is 0.240 e. The van der Waals surface area contributed by atoms with Crippen LogP contribution in [0.25, 0.3) is 0 Å². The van der Waals surface area contributed by atoms with Gasteiger partial charge in [-0.05, 0) is 66.6 Å². The molecule has 1 fully saturated rings. The molecule has 1 heterocycles. The van der Waals surface area contributed by atoms with Crippen molar-refractivity contribution in [3.8, 4) is 11.5 Å². The number of Topliss-reactive ketones (excluding diaryl/α,β-unsaturated/α-hetero) is 1. The molecule has 0 radical (unpaired) electrons. The van der Waals surface area contributed by atoms with Crippen molar-refractivity contribution in [2.75, 3.05) is 14.2 Å². The van der Waals surface area contributed by atoms with Crippen LogP contribution in [0.1, 0.15) is 46.3 Å². The molecule has 0 spiro atoms. The second kappa shape index (κ2) is 9.99. The van der Waals surface area contributed by atoms with Crippen LogP contribution in [-0.2, 0) is 17.6 Å². The van der Waals surface area contributed by atoms with E-state index in [0.717, 1.165) is 24.8 Å². The highest BCUT2D eigenvalue weighted by Gasteiger charge is 2.32. The summed E-state index contributed by atoms with van der Waals surface area (Å²) in [4.78, 5) is 25.1. The highest BCUT2D eigenvalue weighted by atomic mass is 32.2. The van der Waals surface area contributed by atoms with Gasteiger partial charge in [0.2, 0.25) is 5.91 Å². The number of amides is 1. The fourth-order valence-corrected chi connectivity index (χ4v) is 4.78. The number of hydrogen-bond donors (Lipinski definition) is 1. The summed E-state index contributed by atoms with van der Waals surface area (Å²) >= 11 is 1.23. The summed E-state index contributed by atoms with van der Waals surface area (Å²) in [5, 5.41) is 10.7. The normalized spacial score (nSPS) is 19.1. The first-order valence-electron chi connectivity index (χ1n) is 10.5. The van der Waals surface area contributed by atoms with Gasteiger partial charge in [0, 0.05) is 12.0 Å². The number of ether oxygens (including phenoxy) is 2. The zero-order chi connectivity index (χ0) is 22.5. The molecule has 32 heavy (non-hydrogen) atoms. The fourth-order valence-electron chi connectivity index (χ4n) is 3.86. The zero-order valence-electron chi connectivity index (χ0n) is 18.1. The Morgan fingerprint density at radius 1 is 1.09 bits per heavy atom. The molecule has 1 amide bonds. The molecule has 7 nitrogen and oxygen atoms in total. The number of hydrogen-bond acceptors (Lipinski definition) is 7. The Bertz CT molecular complexity index is 1100. The molecule has 2 aromatic rings. The minimum Gasteiger partial charge on any atom is -0.493 e. The minimum absolute atomic E-state index is 0.0268. The maximum absolute atomic E-state index is 12.8.